The van der Waals surface area contributed by atoms with E-state index in [4.69, 9.17) is 11.6 Å². The maximum Gasteiger partial charge on any atom is 0.418 e. The molecule has 1 heterocycles. The van der Waals surface area contributed by atoms with Crippen LogP contribution in [-0.4, -0.2) is 13.4 Å². The van der Waals surface area contributed by atoms with Crippen LogP contribution in [-0.2, 0) is 22.6 Å². The van der Waals surface area contributed by atoms with E-state index in [1.165, 1.54) is 6.07 Å². The number of nitrogens with zero attached hydrogens (tertiary/aromatic N) is 1. The molecule has 0 saturated heterocycles. The van der Waals surface area contributed by atoms with Crippen LogP contribution in [0, 0.1) is 6.92 Å². The number of hydrogen-bond acceptors (Lipinski definition) is 3. The number of halogens is 4. The molecule has 0 atom stereocenters. The Labute approximate surface area is 189 Å². The lowest BCUT2D eigenvalue weighted by molar-refractivity contribution is -0.136. The average molecular weight is 476 g/mol. The Morgan fingerprint density at radius 1 is 0.906 bits per heavy atom. The van der Waals surface area contributed by atoms with Crippen LogP contribution in [0.25, 0.3) is 33.2 Å². The van der Waals surface area contributed by atoms with Crippen molar-refractivity contribution in [2.45, 2.75) is 18.9 Å². The standard InChI is InChI=1S/C24H17ClF3NO2S/c1-14-10-19(18-8-5-9-21(23(18)29-14)24(26,27)28)20-12-16(15-6-3-2-4-7-15)11-17(22(20)25)13-32(30)31/h2-12,32H,13H2,1H3. The Morgan fingerprint density at radius 2 is 1.62 bits per heavy atom. The van der Waals surface area contributed by atoms with Crippen molar-refractivity contribution < 1.29 is 21.6 Å². The first kappa shape index (κ1) is 22.3. The Kier molecular flexibility index (Phi) is 5.97. The SMILES string of the molecule is Cc1cc(-c2cc(-c3ccccc3)cc(C[SH](=O)=O)c2Cl)c2cccc(C(F)(F)F)c2n1. The highest BCUT2D eigenvalue weighted by molar-refractivity contribution is 7.71. The first-order valence-electron chi connectivity index (χ1n) is 9.62. The predicted molar refractivity (Wildman–Crippen MR) is 121 cm³/mol. The third kappa shape index (κ3) is 4.36. The first-order valence-corrected chi connectivity index (χ1v) is 11.4. The van der Waals surface area contributed by atoms with Crippen molar-refractivity contribution >= 4 is 33.2 Å². The molecule has 0 aliphatic heterocycles. The zero-order valence-electron chi connectivity index (χ0n) is 16.8. The molecule has 0 fully saturated rings. The van der Waals surface area contributed by atoms with Crippen molar-refractivity contribution in [3.8, 4) is 22.3 Å². The summed E-state index contributed by atoms with van der Waals surface area (Å²) in [6, 6.07) is 18.3. The predicted octanol–water partition coefficient (Wildman–Crippen LogP) is 6.66. The van der Waals surface area contributed by atoms with Crippen molar-refractivity contribution in [1.82, 2.24) is 4.98 Å². The van der Waals surface area contributed by atoms with E-state index < -0.39 is 22.4 Å². The van der Waals surface area contributed by atoms with Crippen LogP contribution in [0.3, 0.4) is 0 Å². The zero-order valence-corrected chi connectivity index (χ0v) is 18.4. The van der Waals surface area contributed by atoms with E-state index in [1.54, 1.807) is 31.2 Å². The van der Waals surface area contributed by atoms with E-state index in [-0.39, 0.29) is 21.7 Å². The van der Waals surface area contributed by atoms with Gasteiger partial charge in [-0.15, -0.1) is 0 Å². The van der Waals surface area contributed by atoms with Crippen LogP contribution in [0.2, 0.25) is 5.02 Å². The molecule has 0 N–H and O–H groups in total. The second kappa shape index (κ2) is 8.56. The van der Waals surface area contributed by atoms with Gasteiger partial charge in [-0.25, -0.2) is 8.42 Å². The largest absolute Gasteiger partial charge is 0.418 e. The lowest BCUT2D eigenvalue weighted by Crippen LogP contribution is -2.07. The highest BCUT2D eigenvalue weighted by atomic mass is 35.5. The van der Waals surface area contributed by atoms with Crippen molar-refractivity contribution in [3.05, 3.63) is 88.6 Å². The number of hydrogen-bond donors (Lipinski definition) is 1. The second-order valence-corrected chi connectivity index (χ2v) is 8.72. The lowest BCUT2D eigenvalue weighted by atomic mass is 9.93. The van der Waals surface area contributed by atoms with E-state index in [9.17, 15) is 21.6 Å². The third-order valence-corrected chi connectivity index (χ3v) is 6.16. The fourth-order valence-electron chi connectivity index (χ4n) is 3.76. The number of benzene rings is 3. The van der Waals surface area contributed by atoms with Gasteiger partial charge in [-0.05, 0) is 53.4 Å². The van der Waals surface area contributed by atoms with Crippen LogP contribution in [0.4, 0.5) is 13.2 Å². The minimum atomic E-state index is -4.57. The highest BCUT2D eigenvalue weighted by Crippen LogP contribution is 2.41. The van der Waals surface area contributed by atoms with Crippen LogP contribution in [0.1, 0.15) is 16.8 Å². The van der Waals surface area contributed by atoms with E-state index in [0.29, 0.717) is 27.9 Å². The van der Waals surface area contributed by atoms with Gasteiger partial charge in [0.1, 0.15) is 10.7 Å². The summed E-state index contributed by atoms with van der Waals surface area (Å²) in [7, 11) is -2.76. The van der Waals surface area contributed by atoms with Gasteiger partial charge >= 0.3 is 6.18 Å². The number of thiol groups is 1. The van der Waals surface area contributed by atoms with Crippen molar-refractivity contribution in [2.24, 2.45) is 0 Å². The summed E-state index contributed by atoms with van der Waals surface area (Å²) in [4.78, 5) is 4.15. The Balaban J connectivity index is 2.07. The number of aromatic nitrogens is 1. The van der Waals surface area contributed by atoms with Gasteiger partial charge < -0.3 is 0 Å². The summed E-state index contributed by atoms with van der Waals surface area (Å²) in [5.41, 5.74) is 2.23. The van der Waals surface area contributed by atoms with Gasteiger partial charge in [0.25, 0.3) is 0 Å². The van der Waals surface area contributed by atoms with Crippen LogP contribution >= 0.6 is 11.6 Å². The minimum absolute atomic E-state index is 0.173. The quantitative estimate of drug-likeness (QED) is 0.336. The number of fused-ring (bicyclic) bond motifs is 1. The van der Waals surface area contributed by atoms with Gasteiger partial charge in [-0.1, -0.05) is 54.1 Å². The molecule has 0 aliphatic rings. The number of pyridine rings is 1. The molecule has 0 saturated carbocycles. The summed E-state index contributed by atoms with van der Waals surface area (Å²) in [5.74, 6) is -0.280. The van der Waals surface area contributed by atoms with Crippen molar-refractivity contribution in [3.63, 3.8) is 0 Å². The third-order valence-electron chi connectivity index (χ3n) is 5.12. The lowest BCUT2D eigenvalue weighted by Gasteiger charge is -2.17. The van der Waals surface area contributed by atoms with E-state index >= 15 is 0 Å². The molecule has 3 nitrogen and oxygen atoms in total. The number of para-hydroxylation sites is 1. The number of aryl methyl sites for hydroxylation is 1. The van der Waals surface area contributed by atoms with E-state index in [0.717, 1.165) is 11.6 Å². The smallest absolute Gasteiger partial charge is 0.252 e. The molecular weight excluding hydrogens is 459 g/mol. The molecule has 4 rings (SSSR count). The molecule has 8 heteroatoms. The molecule has 1 aromatic heterocycles. The molecule has 32 heavy (non-hydrogen) atoms. The average Bonchev–Trinajstić information content (AvgIpc) is 2.74. The molecule has 0 bridgehead atoms. The van der Waals surface area contributed by atoms with Gasteiger partial charge in [0.2, 0.25) is 0 Å². The van der Waals surface area contributed by atoms with Gasteiger partial charge in [-0.3, -0.25) is 4.98 Å². The molecule has 0 spiro atoms. The van der Waals surface area contributed by atoms with E-state index in [2.05, 4.69) is 4.98 Å². The van der Waals surface area contributed by atoms with Crippen LogP contribution < -0.4 is 0 Å². The number of rotatable bonds is 4. The second-order valence-electron chi connectivity index (χ2n) is 7.36. The molecular formula is C24H17ClF3NO2S. The Hall–Kier alpha value is -2.90. The summed E-state index contributed by atoms with van der Waals surface area (Å²) in [6.07, 6.45) is -4.57. The van der Waals surface area contributed by atoms with Gasteiger partial charge in [0.15, 0.2) is 0 Å². The zero-order chi connectivity index (χ0) is 23.0. The van der Waals surface area contributed by atoms with Crippen molar-refractivity contribution in [1.29, 1.82) is 0 Å². The molecule has 0 radical (unpaired) electrons. The number of alkyl halides is 3. The Morgan fingerprint density at radius 3 is 2.28 bits per heavy atom. The van der Waals surface area contributed by atoms with Crippen LogP contribution in [0.15, 0.2) is 66.7 Å². The highest BCUT2D eigenvalue weighted by Gasteiger charge is 2.33. The normalized spacial score (nSPS) is 11.9. The first-order chi connectivity index (χ1) is 15.1. The molecule has 0 unspecified atom stereocenters. The molecule has 0 aliphatic carbocycles. The maximum atomic E-state index is 13.6. The van der Waals surface area contributed by atoms with Gasteiger partial charge in [-0.2, -0.15) is 13.2 Å². The minimum Gasteiger partial charge on any atom is -0.252 e. The molecule has 4 aromatic rings. The van der Waals surface area contributed by atoms with Gasteiger partial charge in [0, 0.05) is 16.6 Å². The fraction of sp³-hybridized carbons (Fsp3) is 0.125. The summed E-state index contributed by atoms with van der Waals surface area (Å²) in [5, 5.41) is 0.475. The molecule has 164 valence electrons. The Bertz CT molecular complexity index is 1390. The summed E-state index contributed by atoms with van der Waals surface area (Å²) >= 11 is 6.62. The summed E-state index contributed by atoms with van der Waals surface area (Å²) in [6.45, 7) is 1.61. The van der Waals surface area contributed by atoms with Gasteiger partial charge in [0.05, 0.1) is 21.9 Å². The molecule has 0 amide bonds. The molecule has 3 aromatic carbocycles. The van der Waals surface area contributed by atoms with Crippen molar-refractivity contribution in [2.75, 3.05) is 0 Å². The van der Waals surface area contributed by atoms with Crippen LogP contribution in [0.5, 0.6) is 0 Å². The topological polar surface area (TPSA) is 47.0 Å². The summed E-state index contributed by atoms with van der Waals surface area (Å²) < 4.78 is 63.8. The fourth-order valence-corrected chi connectivity index (χ4v) is 4.66. The monoisotopic (exact) mass is 475 g/mol. The van der Waals surface area contributed by atoms with E-state index in [1.807, 2.05) is 30.3 Å². The maximum absolute atomic E-state index is 13.6.